The third kappa shape index (κ3) is 2.42. The van der Waals surface area contributed by atoms with E-state index in [-0.39, 0.29) is 12.2 Å². The molecule has 16 heavy (non-hydrogen) atoms. The molecule has 0 amide bonds. The molecular formula is C11H10F2O3. The molecule has 0 atom stereocenters. The summed E-state index contributed by atoms with van der Waals surface area (Å²) in [6, 6.07) is 3.45. The predicted molar refractivity (Wildman–Crippen MR) is 52.2 cm³/mol. The molecule has 86 valence electrons. The van der Waals surface area contributed by atoms with E-state index >= 15 is 0 Å². The van der Waals surface area contributed by atoms with Crippen LogP contribution in [0.2, 0.25) is 0 Å². The van der Waals surface area contributed by atoms with Crippen molar-refractivity contribution in [2.45, 2.75) is 13.6 Å². The van der Waals surface area contributed by atoms with Gasteiger partial charge in [-0.15, -0.1) is 0 Å². The number of ketones is 1. The fourth-order valence-corrected chi connectivity index (χ4v) is 1.21. The van der Waals surface area contributed by atoms with E-state index in [9.17, 15) is 18.4 Å². The highest BCUT2D eigenvalue weighted by Gasteiger charge is 2.22. The van der Waals surface area contributed by atoms with Crippen LogP contribution in [0.1, 0.15) is 22.8 Å². The minimum atomic E-state index is -1.15. The van der Waals surface area contributed by atoms with Crippen molar-refractivity contribution >= 4 is 11.8 Å². The van der Waals surface area contributed by atoms with Gasteiger partial charge < -0.3 is 4.74 Å². The number of carbonyl (C=O) groups excluding carboxylic acids is 2. The number of benzene rings is 1. The van der Waals surface area contributed by atoms with Gasteiger partial charge in [0, 0.05) is 11.1 Å². The third-order valence-corrected chi connectivity index (χ3v) is 1.96. The lowest BCUT2D eigenvalue weighted by Crippen LogP contribution is -2.19. The van der Waals surface area contributed by atoms with Crippen molar-refractivity contribution in [3.8, 4) is 0 Å². The second-order valence-corrected chi connectivity index (χ2v) is 2.95. The maximum atomic E-state index is 13.1. The number of hydrogen-bond acceptors (Lipinski definition) is 3. The number of hydrogen-bond donors (Lipinski definition) is 0. The lowest BCUT2D eigenvalue weighted by Gasteiger charge is -2.05. The van der Waals surface area contributed by atoms with Crippen LogP contribution >= 0.6 is 0 Å². The van der Waals surface area contributed by atoms with Gasteiger partial charge in [0.15, 0.2) is 0 Å². The van der Waals surface area contributed by atoms with Crippen LogP contribution in [0.25, 0.3) is 0 Å². The Hall–Kier alpha value is -1.78. The lowest BCUT2D eigenvalue weighted by molar-refractivity contribution is -0.137. The van der Waals surface area contributed by atoms with Crippen molar-refractivity contribution in [3.05, 3.63) is 35.1 Å². The second-order valence-electron chi connectivity index (χ2n) is 2.95. The van der Waals surface area contributed by atoms with E-state index in [2.05, 4.69) is 4.74 Å². The highest BCUT2D eigenvalue weighted by atomic mass is 19.1. The standard InChI is InChI=1S/C11H10F2O3/c1-2-16-11(15)10(14)7-4-3-5-9(13)8(7)6-12/h3-5H,2,6H2,1H3. The number of Topliss-reactive ketones (excluding diaryl/α,β-unsaturated/α-hetero) is 1. The summed E-state index contributed by atoms with van der Waals surface area (Å²) >= 11 is 0. The highest BCUT2D eigenvalue weighted by molar-refractivity contribution is 6.41. The maximum Gasteiger partial charge on any atom is 0.379 e. The summed E-state index contributed by atoms with van der Waals surface area (Å²) in [6.07, 6.45) is 0. The Labute approximate surface area is 91.0 Å². The summed E-state index contributed by atoms with van der Waals surface area (Å²) in [7, 11) is 0. The summed E-state index contributed by atoms with van der Waals surface area (Å²) < 4.78 is 30.1. The van der Waals surface area contributed by atoms with Crippen LogP contribution < -0.4 is 0 Å². The average Bonchev–Trinajstić information content (AvgIpc) is 2.28. The Balaban J connectivity index is 3.08. The van der Waals surface area contributed by atoms with Gasteiger partial charge in [-0.1, -0.05) is 12.1 Å². The minimum Gasteiger partial charge on any atom is -0.460 e. The first-order valence-electron chi connectivity index (χ1n) is 4.66. The summed E-state index contributed by atoms with van der Waals surface area (Å²) in [5.41, 5.74) is -0.707. The second kappa shape index (κ2) is 5.34. The van der Waals surface area contributed by atoms with E-state index in [4.69, 9.17) is 0 Å². The molecule has 1 rings (SSSR count). The quantitative estimate of drug-likeness (QED) is 0.450. The zero-order valence-corrected chi connectivity index (χ0v) is 8.63. The Kier molecular flexibility index (Phi) is 4.10. The largest absolute Gasteiger partial charge is 0.460 e. The van der Waals surface area contributed by atoms with Gasteiger partial charge in [0.05, 0.1) is 6.61 Å². The molecule has 0 N–H and O–H groups in total. The molecule has 0 aliphatic carbocycles. The van der Waals surface area contributed by atoms with Gasteiger partial charge in [-0.3, -0.25) is 4.79 Å². The first kappa shape index (κ1) is 12.3. The molecule has 0 spiro atoms. The van der Waals surface area contributed by atoms with Gasteiger partial charge in [-0.05, 0) is 13.0 Å². The molecule has 0 bridgehead atoms. The monoisotopic (exact) mass is 228 g/mol. The Bertz CT molecular complexity index is 416. The highest BCUT2D eigenvalue weighted by Crippen LogP contribution is 2.16. The zero-order valence-electron chi connectivity index (χ0n) is 8.63. The first-order valence-corrected chi connectivity index (χ1v) is 4.66. The van der Waals surface area contributed by atoms with Crippen LogP contribution in [0.4, 0.5) is 8.78 Å². The molecule has 0 aromatic heterocycles. The zero-order chi connectivity index (χ0) is 12.1. The molecule has 5 heteroatoms. The minimum absolute atomic E-state index is 0.0326. The molecule has 3 nitrogen and oxygen atoms in total. The summed E-state index contributed by atoms with van der Waals surface area (Å²) in [5, 5.41) is 0. The number of esters is 1. The molecule has 0 saturated heterocycles. The topological polar surface area (TPSA) is 43.4 Å². The van der Waals surface area contributed by atoms with Crippen LogP contribution in [0.3, 0.4) is 0 Å². The van der Waals surface area contributed by atoms with E-state index < -0.39 is 29.8 Å². The molecular weight excluding hydrogens is 218 g/mol. The van der Waals surface area contributed by atoms with Crippen molar-refractivity contribution in [1.29, 1.82) is 0 Å². The van der Waals surface area contributed by atoms with Gasteiger partial charge in [0.25, 0.3) is 5.78 Å². The van der Waals surface area contributed by atoms with E-state index in [0.717, 1.165) is 6.07 Å². The van der Waals surface area contributed by atoms with Gasteiger partial charge in [0.2, 0.25) is 0 Å². The van der Waals surface area contributed by atoms with Crippen LogP contribution in [0.15, 0.2) is 18.2 Å². The Morgan fingerprint density at radius 2 is 2.06 bits per heavy atom. The SMILES string of the molecule is CCOC(=O)C(=O)c1cccc(F)c1CF. The normalized spacial score (nSPS) is 9.94. The number of alkyl halides is 1. The molecule has 0 unspecified atom stereocenters. The lowest BCUT2D eigenvalue weighted by atomic mass is 10.0. The van der Waals surface area contributed by atoms with Gasteiger partial charge >= 0.3 is 5.97 Å². The molecule has 0 heterocycles. The van der Waals surface area contributed by atoms with Crippen molar-refractivity contribution < 1.29 is 23.1 Å². The van der Waals surface area contributed by atoms with Crippen molar-refractivity contribution in [3.63, 3.8) is 0 Å². The van der Waals surface area contributed by atoms with E-state index in [1.165, 1.54) is 19.1 Å². The molecule has 0 fully saturated rings. The van der Waals surface area contributed by atoms with Crippen LogP contribution in [0.5, 0.6) is 0 Å². The van der Waals surface area contributed by atoms with E-state index in [0.29, 0.717) is 0 Å². The smallest absolute Gasteiger partial charge is 0.379 e. The summed E-state index contributed by atoms with van der Waals surface area (Å²) in [6.45, 7) is 0.421. The van der Waals surface area contributed by atoms with E-state index in [1.54, 1.807) is 0 Å². The van der Waals surface area contributed by atoms with Gasteiger partial charge in [-0.2, -0.15) is 0 Å². The molecule has 1 aromatic carbocycles. The first-order chi connectivity index (χ1) is 7.61. The number of halogens is 2. The van der Waals surface area contributed by atoms with Crippen molar-refractivity contribution in [2.75, 3.05) is 6.61 Å². The molecule has 0 aliphatic rings. The fraction of sp³-hybridized carbons (Fsp3) is 0.273. The summed E-state index contributed by atoms with van der Waals surface area (Å²) in [4.78, 5) is 22.6. The predicted octanol–water partition coefficient (Wildman–Crippen LogP) is 2.04. The number of carbonyl (C=O) groups is 2. The molecule has 0 saturated carbocycles. The summed E-state index contributed by atoms with van der Waals surface area (Å²) in [5.74, 6) is -2.99. The van der Waals surface area contributed by atoms with Crippen LogP contribution in [0, 0.1) is 5.82 Å². The van der Waals surface area contributed by atoms with Gasteiger partial charge in [0.1, 0.15) is 12.5 Å². The fourth-order valence-electron chi connectivity index (χ4n) is 1.21. The third-order valence-electron chi connectivity index (χ3n) is 1.96. The van der Waals surface area contributed by atoms with Crippen molar-refractivity contribution in [2.24, 2.45) is 0 Å². The van der Waals surface area contributed by atoms with Crippen molar-refractivity contribution in [1.82, 2.24) is 0 Å². The molecule has 0 radical (unpaired) electrons. The number of rotatable bonds is 4. The van der Waals surface area contributed by atoms with Crippen LogP contribution in [-0.2, 0) is 16.2 Å². The Morgan fingerprint density at radius 3 is 2.62 bits per heavy atom. The Morgan fingerprint density at radius 1 is 1.38 bits per heavy atom. The van der Waals surface area contributed by atoms with Crippen LogP contribution in [-0.4, -0.2) is 18.4 Å². The molecule has 1 aromatic rings. The van der Waals surface area contributed by atoms with E-state index in [1.807, 2.05) is 0 Å². The number of ether oxygens (including phenoxy) is 1. The maximum absolute atomic E-state index is 13.1. The molecule has 0 aliphatic heterocycles. The van der Waals surface area contributed by atoms with Gasteiger partial charge in [-0.25, -0.2) is 13.6 Å². The average molecular weight is 228 g/mol.